The first-order valence-corrected chi connectivity index (χ1v) is 6.53. The van der Waals surface area contributed by atoms with E-state index in [-0.39, 0.29) is 12.8 Å². The van der Waals surface area contributed by atoms with E-state index in [0.717, 1.165) is 6.21 Å². The number of carboxylic acids is 1. The summed E-state index contributed by atoms with van der Waals surface area (Å²) in [5.74, 6) is -3.43. The van der Waals surface area contributed by atoms with Crippen molar-refractivity contribution in [2.24, 2.45) is 10.9 Å². The molecule has 5 nitrogen and oxygen atoms in total. The van der Waals surface area contributed by atoms with Crippen molar-refractivity contribution >= 4 is 18.2 Å². The fourth-order valence-corrected chi connectivity index (χ4v) is 1.48. The molecule has 6 heteroatoms. The fourth-order valence-electron chi connectivity index (χ4n) is 1.48. The molecule has 1 N–H and O–H groups in total. The molecule has 0 unspecified atom stereocenters. The highest BCUT2D eigenvalue weighted by molar-refractivity contribution is 5.79. The lowest BCUT2D eigenvalue weighted by atomic mass is 9.99. The number of aliphatic carboxylic acids is 1. The third-order valence-corrected chi connectivity index (χ3v) is 2.34. The number of carbonyl (C=O) groups excluding carboxylic acids is 1. The smallest absolute Gasteiger partial charge is 0.307 e. The lowest BCUT2D eigenvalue weighted by Crippen LogP contribution is -2.27. The van der Waals surface area contributed by atoms with Crippen molar-refractivity contribution in [3.05, 3.63) is 24.2 Å². The molecule has 0 aliphatic carbocycles. The van der Waals surface area contributed by atoms with Crippen LogP contribution < -0.4 is 0 Å². The minimum Gasteiger partial charge on any atom is -0.481 e. The van der Waals surface area contributed by atoms with Crippen LogP contribution in [-0.2, 0) is 14.3 Å². The van der Waals surface area contributed by atoms with Gasteiger partial charge in [0.25, 0.3) is 0 Å². The van der Waals surface area contributed by atoms with Crippen LogP contribution in [0.25, 0.3) is 0 Å². The third-order valence-electron chi connectivity index (χ3n) is 2.34. The van der Waals surface area contributed by atoms with E-state index in [0.29, 0.717) is 5.70 Å². The van der Waals surface area contributed by atoms with Crippen molar-refractivity contribution in [1.29, 1.82) is 0 Å². The lowest BCUT2D eigenvalue weighted by Gasteiger charge is -2.21. The Hall–Kier alpha value is -1.98. The Morgan fingerprint density at radius 3 is 2.33 bits per heavy atom. The van der Waals surface area contributed by atoms with E-state index in [1.165, 1.54) is 0 Å². The largest absolute Gasteiger partial charge is 0.481 e. The molecular formula is C15H22FNO4. The molecule has 0 aromatic heterocycles. The van der Waals surface area contributed by atoms with Gasteiger partial charge in [-0.25, -0.2) is 4.39 Å². The van der Waals surface area contributed by atoms with Gasteiger partial charge in [0.05, 0.1) is 18.6 Å². The molecule has 0 fully saturated rings. The van der Waals surface area contributed by atoms with Crippen molar-refractivity contribution in [2.75, 3.05) is 0 Å². The summed E-state index contributed by atoms with van der Waals surface area (Å²) in [6, 6.07) is 0. The second-order valence-corrected chi connectivity index (χ2v) is 5.51. The number of carboxylic acid groups (broad SMARTS) is 1. The summed E-state index contributed by atoms with van der Waals surface area (Å²) in [6.45, 7) is 9.79. The second kappa shape index (κ2) is 8.34. The normalized spacial score (nSPS) is 14.0. The number of allylic oxidation sites excluding steroid dienone is 3. The number of carbonyl (C=O) groups is 2. The highest BCUT2D eigenvalue weighted by Gasteiger charge is 2.25. The van der Waals surface area contributed by atoms with Gasteiger partial charge in [-0.1, -0.05) is 12.7 Å². The molecule has 21 heavy (non-hydrogen) atoms. The average Bonchev–Trinajstić information content (AvgIpc) is 2.30. The van der Waals surface area contributed by atoms with E-state index in [4.69, 9.17) is 9.84 Å². The number of hydrogen-bond acceptors (Lipinski definition) is 4. The van der Waals surface area contributed by atoms with Gasteiger partial charge in [-0.3, -0.25) is 14.6 Å². The van der Waals surface area contributed by atoms with Gasteiger partial charge in [0.15, 0.2) is 0 Å². The number of halogens is 1. The standard InChI is InChI=1S/C15H22FNO4/c1-6-12(17-9-10(2)16)7-11(14(19)20)8-13(18)21-15(3,4)5/h6,9,11H,2,7-8H2,1,3-5H3,(H,19,20)/b12-6-,17-9-/t11-/m1/s1. The number of nitrogens with zero attached hydrogens (tertiary/aromatic N) is 1. The van der Waals surface area contributed by atoms with Crippen LogP contribution in [0.1, 0.15) is 40.5 Å². The van der Waals surface area contributed by atoms with Gasteiger partial charge in [-0.05, 0) is 27.7 Å². The monoisotopic (exact) mass is 299 g/mol. The van der Waals surface area contributed by atoms with Crippen LogP contribution in [0.2, 0.25) is 0 Å². The Morgan fingerprint density at radius 1 is 1.38 bits per heavy atom. The van der Waals surface area contributed by atoms with Gasteiger partial charge >= 0.3 is 11.9 Å². The van der Waals surface area contributed by atoms with Crippen molar-refractivity contribution in [2.45, 2.75) is 46.1 Å². The minimum atomic E-state index is -1.13. The number of ether oxygens (including phenoxy) is 1. The molecule has 0 spiro atoms. The van der Waals surface area contributed by atoms with Crippen LogP contribution in [0, 0.1) is 5.92 Å². The molecule has 118 valence electrons. The maximum Gasteiger partial charge on any atom is 0.307 e. The Bertz CT molecular complexity index is 461. The molecule has 1 atom stereocenters. The Labute approximate surface area is 124 Å². The first kappa shape index (κ1) is 19.0. The van der Waals surface area contributed by atoms with Gasteiger partial charge in [0.2, 0.25) is 0 Å². The van der Waals surface area contributed by atoms with Crippen molar-refractivity contribution in [3.63, 3.8) is 0 Å². The number of esters is 1. The molecule has 0 aromatic rings. The summed E-state index contributed by atoms with van der Waals surface area (Å²) in [5, 5.41) is 9.16. The predicted molar refractivity (Wildman–Crippen MR) is 78.7 cm³/mol. The van der Waals surface area contributed by atoms with E-state index in [2.05, 4.69) is 11.6 Å². The van der Waals surface area contributed by atoms with Gasteiger partial charge in [0.1, 0.15) is 11.4 Å². The second-order valence-electron chi connectivity index (χ2n) is 5.51. The van der Waals surface area contributed by atoms with Crippen LogP contribution in [0.3, 0.4) is 0 Å². The summed E-state index contributed by atoms with van der Waals surface area (Å²) >= 11 is 0. The highest BCUT2D eigenvalue weighted by atomic mass is 19.1. The summed E-state index contributed by atoms with van der Waals surface area (Å²) in [6.07, 6.45) is 2.21. The SMILES string of the molecule is C=C(F)/C=N\C(=C/C)C[C@H](CC(=O)OC(C)(C)C)C(=O)O. The molecule has 0 heterocycles. The van der Waals surface area contributed by atoms with E-state index in [9.17, 15) is 14.0 Å². The van der Waals surface area contributed by atoms with Crippen LogP contribution in [0.4, 0.5) is 4.39 Å². The van der Waals surface area contributed by atoms with Crippen LogP contribution >= 0.6 is 0 Å². The minimum absolute atomic E-state index is 0.00879. The van der Waals surface area contributed by atoms with Crippen LogP contribution in [0.15, 0.2) is 29.2 Å². The first-order chi connectivity index (χ1) is 9.55. The molecule has 0 saturated carbocycles. The quantitative estimate of drug-likeness (QED) is 0.578. The first-order valence-electron chi connectivity index (χ1n) is 6.53. The van der Waals surface area contributed by atoms with Gasteiger partial charge in [0, 0.05) is 12.1 Å². The zero-order valence-corrected chi connectivity index (χ0v) is 12.9. The summed E-state index contributed by atoms with van der Waals surface area (Å²) in [7, 11) is 0. The van der Waals surface area contributed by atoms with Gasteiger partial charge < -0.3 is 9.84 Å². The number of hydrogen-bond donors (Lipinski definition) is 1. The third kappa shape index (κ3) is 9.54. The van der Waals surface area contributed by atoms with Crippen LogP contribution in [-0.4, -0.2) is 28.9 Å². The van der Waals surface area contributed by atoms with Gasteiger partial charge in [-0.15, -0.1) is 0 Å². The molecule has 0 rings (SSSR count). The molecule has 0 saturated heterocycles. The Kier molecular flexibility index (Phi) is 7.55. The Balaban J connectivity index is 4.81. The molecule has 0 radical (unpaired) electrons. The molecule has 0 amide bonds. The van der Waals surface area contributed by atoms with E-state index >= 15 is 0 Å². The topological polar surface area (TPSA) is 76.0 Å². The number of aliphatic imine (C=N–C) groups is 1. The van der Waals surface area contributed by atoms with Crippen molar-refractivity contribution in [3.8, 4) is 0 Å². The van der Waals surface area contributed by atoms with Gasteiger partial charge in [-0.2, -0.15) is 0 Å². The van der Waals surface area contributed by atoms with E-state index in [1.54, 1.807) is 33.8 Å². The number of rotatable bonds is 7. The summed E-state index contributed by atoms with van der Waals surface area (Å²) in [4.78, 5) is 26.7. The maximum absolute atomic E-state index is 12.5. The van der Waals surface area contributed by atoms with Crippen LogP contribution in [0.5, 0.6) is 0 Å². The predicted octanol–water partition coefficient (Wildman–Crippen LogP) is 3.27. The zero-order chi connectivity index (χ0) is 16.6. The van der Waals surface area contributed by atoms with E-state index < -0.39 is 29.3 Å². The molecule has 0 aliphatic heterocycles. The lowest BCUT2D eigenvalue weighted by molar-refractivity contribution is -0.159. The van der Waals surface area contributed by atoms with E-state index in [1.807, 2.05) is 0 Å². The summed E-state index contributed by atoms with van der Waals surface area (Å²) < 4.78 is 17.6. The fraction of sp³-hybridized carbons (Fsp3) is 0.533. The molecule has 0 aliphatic rings. The van der Waals surface area contributed by atoms with Crippen molar-refractivity contribution in [1.82, 2.24) is 0 Å². The van der Waals surface area contributed by atoms with Crippen molar-refractivity contribution < 1.29 is 23.8 Å². The zero-order valence-electron chi connectivity index (χ0n) is 12.9. The highest BCUT2D eigenvalue weighted by Crippen LogP contribution is 2.19. The summed E-state index contributed by atoms with van der Waals surface area (Å²) in [5.41, 5.74) is -0.307. The molecule has 0 aromatic carbocycles. The maximum atomic E-state index is 12.5. The molecule has 0 bridgehead atoms. The Morgan fingerprint density at radius 2 is 1.95 bits per heavy atom. The average molecular weight is 299 g/mol. The molecular weight excluding hydrogens is 277 g/mol.